The van der Waals surface area contributed by atoms with Crippen LogP contribution in [0.25, 0.3) is 0 Å². The lowest BCUT2D eigenvalue weighted by Crippen LogP contribution is -2.39. The van der Waals surface area contributed by atoms with Gasteiger partial charge in [0, 0.05) is 12.6 Å². The summed E-state index contributed by atoms with van der Waals surface area (Å²) in [6, 6.07) is 2.80. The van der Waals surface area contributed by atoms with Crippen molar-refractivity contribution < 1.29 is 0 Å². The van der Waals surface area contributed by atoms with Crippen LogP contribution in [0, 0.1) is 11.3 Å². The summed E-state index contributed by atoms with van der Waals surface area (Å²) in [5, 5.41) is 8.91. The molecule has 1 aliphatic rings. The Hall–Kier alpha value is -0.590. The van der Waals surface area contributed by atoms with Gasteiger partial charge in [-0.1, -0.05) is 0 Å². The molecule has 1 unspecified atom stereocenters. The minimum Gasteiger partial charge on any atom is -0.313 e. The zero-order valence-electron chi connectivity index (χ0n) is 8.58. The van der Waals surface area contributed by atoms with Crippen LogP contribution in [0.3, 0.4) is 0 Å². The van der Waals surface area contributed by atoms with E-state index < -0.39 is 5.54 Å². The van der Waals surface area contributed by atoms with Gasteiger partial charge in [0.1, 0.15) is 5.54 Å². The van der Waals surface area contributed by atoms with E-state index in [-0.39, 0.29) is 0 Å². The molecule has 1 rings (SSSR count). The summed E-state index contributed by atoms with van der Waals surface area (Å²) < 4.78 is 0. The van der Waals surface area contributed by atoms with Crippen molar-refractivity contribution in [1.82, 2.24) is 4.90 Å². The average Bonchev–Trinajstić information content (AvgIpc) is 2.28. The van der Waals surface area contributed by atoms with Crippen molar-refractivity contribution in [3.63, 3.8) is 0 Å². The third kappa shape index (κ3) is 2.68. The Morgan fingerprint density at radius 1 is 1.38 bits per heavy atom. The monoisotopic (exact) mass is 181 g/mol. The number of rotatable bonds is 1. The quantitative estimate of drug-likeness (QED) is 0.659. The molecule has 0 bridgehead atoms. The van der Waals surface area contributed by atoms with Crippen LogP contribution in [0.4, 0.5) is 0 Å². The first-order valence-corrected chi connectivity index (χ1v) is 5.01. The van der Waals surface area contributed by atoms with E-state index in [1.165, 1.54) is 0 Å². The predicted molar refractivity (Wildman–Crippen MR) is 53.1 cm³/mol. The largest absolute Gasteiger partial charge is 0.313 e. The Morgan fingerprint density at radius 2 is 2.08 bits per heavy atom. The molecule has 1 aliphatic heterocycles. The minimum absolute atomic E-state index is 0.566. The van der Waals surface area contributed by atoms with Crippen LogP contribution in [0.1, 0.15) is 33.1 Å². The second-order valence-corrected chi connectivity index (χ2v) is 4.25. The summed E-state index contributed by atoms with van der Waals surface area (Å²) in [7, 11) is 0. The first kappa shape index (κ1) is 10.5. The van der Waals surface area contributed by atoms with E-state index in [4.69, 9.17) is 11.0 Å². The van der Waals surface area contributed by atoms with E-state index >= 15 is 0 Å². The van der Waals surface area contributed by atoms with Crippen LogP contribution >= 0.6 is 0 Å². The van der Waals surface area contributed by atoms with Crippen molar-refractivity contribution in [3.05, 3.63) is 0 Å². The maximum absolute atomic E-state index is 8.91. The first-order chi connectivity index (χ1) is 6.07. The van der Waals surface area contributed by atoms with Crippen molar-refractivity contribution in [1.29, 1.82) is 5.26 Å². The Morgan fingerprint density at radius 3 is 2.62 bits per heavy atom. The molecule has 74 valence electrons. The lowest BCUT2D eigenvalue weighted by molar-refractivity contribution is 0.228. The normalized spacial score (nSPS) is 31.3. The fraction of sp³-hybridized carbons (Fsp3) is 0.900. The molecular weight excluding hydrogens is 162 g/mol. The highest BCUT2D eigenvalue weighted by Crippen LogP contribution is 2.19. The average molecular weight is 181 g/mol. The molecular formula is C10H19N3. The summed E-state index contributed by atoms with van der Waals surface area (Å²) in [6.07, 6.45) is 2.69. The van der Waals surface area contributed by atoms with Crippen molar-refractivity contribution in [2.24, 2.45) is 5.73 Å². The summed E-state index contributed by atoms with van der Waals surface area (Å²) in [5.74, 6) is 0. The number of nitrogens with two attached hydrogens (primary N) is 1. The Kier molecular flexibility index (Phi) is 3.29. The molecule has 1 fully saturated rings. The highest BCUT2D eigenvalue weighted by molar-refractivity contribution is 5.05. The molecule has 0 saturated carbocycles. The molecule has 2 N–H and O–H groups in total. The van der Waals surface area contributed by atoms with Crippen LogP contribution in [-0.2, 0) is 0 Å². The van der Waals surface area contributed by atoms with E-state index in [1.807, 2.05) is 0 Å². The molecule has 1 heterocycles. The van der Waals surface area contributed by atoms with Crippen molar-refractivity contribution in [2.75, 3.05) is 13.1 Å². The van der Waals surface area contributed by atoms with Gasteiger partial charge in [-0.25, -0.2) is 0 Å². The van der Waals surface area contributed by atoms with E-state index in [0.717, 1.165) is 32.4 Å². The Labute approximate surface area is 80.5 Å². The topological polar surface area (TPSA) is 53.0 Å². The van der Waals surface area contributed by atoms with Gasteiger partial charge >= 0.3 is 0 Å². The zero-order valence-corrected chi connectivity index (χ0v) is 8.58. The maximum Gasteiger partial charge on any atom is 0.105 e. The molecule has 0 aromatic heterocycles. The summed E-state index contributed by atoms with van der Waals surface area (Å²) >= 11 is 0. The van der Waals surface area contributed by atoms with Crippen molar-refractivity contribution in [3.8, 4) is 6.07 Å². The fourth-order valence-corrected chi connectivity index (χ4v) is 1.81. The van der Waals surface area contributed by atoms with Crippen LogP contribution in [0.2, 0.25) is 0 Å². The lowest BCUT2D eigenvalue weighted by atomic mass is 9.94. The first-order valence-electron chi connectivity index (χ1n) is 5.01. The molecule has 0 spiro atoms. The van der Waals surface area contributed by atoms with Crippen LogP contribution in [0.5, 0.6) is 0 Å². The van der Waals surface area contributed by atoms with E-state index in [0.29, 0.717) is 6.04 Å². The van der Waals surface area contributed by atoms with E-state index in [9.17, 15) is 0 Å². The van der Waals surface area contributed by atoms with Gasteiger partial charge in [0.15, 0.2) is 0 Å². The third-order valence-corrected chi connectivity index (χ3v) is 2.87. The van der Waals surface area contributed by atoms with E-state index in [2.05, 4.69) is 24.8 Å². The lowest BCUT2D eigenvalue weighted by Gasteiger charge is -2.24. The SMILES string of the molecule is CC(C)N1CCCC(N)(C#N)CC1. The van der Waals surface area contributed by atoms with Gasteiger partial charge in [-0.2, -0.15) is 5.26 Å². The summed E-state index contributed by atoms with van der Waals surface area (Å²) in [5.41, 5.74) is 5.37. The number of hydrogen-bond acceptors (Lipinski definition) is 3. The predicted octanol–water partition coefficient (Wildman–Crippen LogP) is 1.10. The van der Waals surface area contributed by atoms with Gasteiger partial charge < -0.3 is 10.6 Å². The third-order valence-electron chi connectivity index (χ3n) is 2.87. The van der Waals surface area contributed by atoms with Gasteiger partial charge in [0.05, 0.1) is 6.07 Å². The molecule has 13 heavy (non-hydrogen) atoms. The van der Waals surface area contributed by atoms with Gasteiger partial charge in [-0.05, 0) is 39.7 Å². The van der Waals surface area contributed by atoms with Crippen molar-refractivity contribution >= 4 is 0 Å². The molecule has 0 radical (unpaired) electrons. The standard InChI is InChI=1S/C10H19N3/c1-9(2)13-6-3-4-10(12,8-11)5-7-13/h9H,3-7,12H2,1-2H3. The van der Waals surface area contributed by atoms with Crippen LogP contribution < -0.4 is 5.73 Å². The number of nitriles is 1. The van der Waals surface area contributed by atoms with Gasteiger partial charge in [-0.15, -0.1) is 0 Å². The Balaban J connectivity index is 2.55. The summed E-state index contributed by atoms with van der Waals surface area (Å²) in [4.78, 5) is 2.39. The van der Waals surface area contributed by atoms with Crippen LogP contribution in [0.15, 0.2) is 0 Å². The number of likely N-dealkylation sites (tertiary alicyclic amines) is 1. The van der Waals surface area contributed by atoms with E-state index in [1.54, 1.807) is 0 Å². The Bertz CT molecular complexity index is 207. The second-order valence-electron chi connectivity index (χ2n) is 4.25. The molecule has 0 aliphatic carbocycles. The molecule has 3 nitrogen and oxygen atoms in total. The zero-order chi connectivity index (χ0) is 9.90. The van der Waals surface area contributed by atoms with Gasteiger partial charge in [0.25, 0.3) is 0 Å². The molecule has 1 saturated heterocycles. The highest BCUT2D eigenvalue weighted by Gasteiger charge is 2.28. The molecule has 0 aromatic rings. The van der Waals surface area contributed by atoms with Gasteiger partial charge in [-0.3, -0.25) is 0 Å². The van der Waals surface area contributed by atoms with Crippen molar-refractivity contribution in [2.45, 2.75) is 44.7 Å². The fourth-order valence-electron chi connectivity index (χ4n) is 1.81. The maximum atomic E-state index is 8.91. The van der Waals surface area contributed by atoms with Gasteiger partial charge in [0.2, 0.25) is 0 Å². The molecule has 1 atom stereocenters. The highest BCUT2D eigenvalue weighted by atomic mass is 15.1. The number of nitrogens with zero attached hydrogens (tertiary/aromatic N) is 2. The number of hydrogen-bond donors (Lipinski definition) is 1. The second kappa shape index (κ2) is 4.08. The molecule has 3 heteroatoms. The molecule has 0 amide bonds. The minimum atomic E-state index is -0.566. The molecule has 0 aromatic carbocycles. The smallest absolute Gasteiger partial charge is 0.105 e. The summed E-state index contributed by atoms with van der Waals surface area (Å²) in [6.45, 7) is 6.42. The van der Waals surface area contributed by atoms with Crippen LogP contribution in [-0.4, -0.2) is 29.6 Å².